The van der Waals surface area contributed by atoms with Gasteiger partial charge in [0.05, 0.1) is 11.4 Å². The van der Waals surface area contributed by atoms with Crippen molar-refractivity contribution >= 4 is 40.6 Å². The van der Waals surface area contributed by atoms with Crippen molar-refractivity contribution in [3.05, 3.63) is 58.1 Å². The lowest BCUT2D eigenvalue weighted by Gasteiger charge is -2.24. The second-order valence-electron chi connectivity index (χ2n) is 4.33. The van der Waals surface area contributed by atoms with Crippen LogP contribution in [-0.2, 0) is 0 Å². The minimum atomic E-state index is -0.580. The van der Waals surface area contributed by atoms with E-state index in [0.29, 0.717) is 21.3 Å². The highest BCUT2D eigenvalue weighted by molar-refractivity contribution is 6.36. The number of primary amides is 1. The first-order chi connectivity index (χ1) is 9.59. The molecule has 3 rings (SSSR count). The van der Waals surface area contributed by atoms with Crippen molar-refractivity contribution in [3.63, 3.8) is 0 Å². The third kappa shape index (κ3) is 1.97. The molecule has 101 valence electrons. The number of urea groups is 1. The number of nitrogens with one attached hydrogen (secondary N) is 1. The number of carbonyl (C=O) groups excluding carboxylic acids is 1. The SMILES string of the molecule is NC(=O)N1c2cc[c]cc2NC1c1c(Cl)cccc1Cl. The van der Waals surface area contributed by atoms with E-state index in [4.69, 9.17) is 28.9 Å². The van der Waals surface area contributed by atoms with Crippen molar-refractivity contribution in [2.24, 2.45) is 5.73 Å². The van der Waals surface area contributed by atoms with Gasteiger partial charge in [-0.3, -0.25) is 4.90 Å². The number of amides is 2. The molecule has 0 fully saturated rings. The second-order valence-corrected chi connectivity index (χ2v) is 5.15. The Morgan fingerprint density at radius 3 is 2.65 bits per heavy atom. The molecule has 1 aliphatic rings. The molecule has 1 aliphatic heterocycles. The highest BCUT2D eigenvalue weighted by Crippen LogP contribution is 2.44. The van der Waals surface area contributed by atoms with E-state index in [1.54, 1.807) is 36.4 Å². The molecule has 4 nitrogen and oxygen atoms in total. The van der Waals surface area contributed by atoms with E-state index in [2.05, 4.69) is 11.4 Å². The Balaban J connectivity index is 2.14. The fraction of sp³-hybridized carbons (Fsp3) is 0.0714. The molecule has 0 bridgehead atoms. The molecule has 2 aromatic rings. The molecule has 6 heteroatoms. The lowest BCUT2D eigenvalue weighted by atomic mass is 10.1. The Morgan fingerprint density at radius 2 is 2.00 bits per heavy atom. The van der Waals surface area contributed by atoms with Gasteiger partial charge in [0.25, 0.3) is 0 Å². The molecule has 1 atom stereocenters. The Morgan fingerprint density at radius 1 is 1.30 bits per heavy atom. The summed E-state index contributed by atoms with van der Waals surface area (Å²) in [6.07, 6.45) is -0.528. The average molecular weight is 307 g/mol. The third-order valence-electron chi connectivity index (χ3n) is 3.16. The maximum atomic E-state index is 11.8. The first-order valence-corrected chi connectivity index (χ1v) is 6.64. The van der Waals surface area contributed by atoms with Crippen molar-refractivity contribution in [2.75, 3.05) is 10.2 Å². The van der Waals surface area contributed by atoms with Crippen molar-refractivity contribution in [2.45, 2.75) is 6.17 Å². The first-order valence-electron chi connectivity index (χ1n) is 5.89. The molecule has 0 saturated heterocycles. The summed E-state index contributed by atoms with van der Waals surface area (Å²) in [5, 5.41) is 4.13. The number of halogens is 2. The summed E-state index contributed by atoms with van der Waals surface area (Å²) in [6.45, 7) is 0. The molecule has 1 unspecified atom stereocenters. The molecular weight excluding hydrogens is 297 g/mol. The van der Waals surface area contributed by atoms with Crippen LogP contribution in [-0.4, -0.2) is 6.03 Å². The number of fused-ring (bicyclic) bond motifs is 1. The van der Waals surface area contributed by atoms with Gasteiger partial charge in [-0.2, -0.15) is 0 Å². The predicted molar refractivity (Wildman–Crippen MR) is 80.2 cm³/mol. The van der Waals surface area contributed by atoms with Crippen LogP contribution in [0.2, 0.25) is 10.0 Å². The minimum absolute atomic E-state index is 0.470. The van der Waals surface area contributed by atoms with Gasteiger partial charge in [-0.05, 0) is 30.3 Å². The average Bonchev–Trinajstić information content (AvgIpc) is 2.77. The van der Waals surface area contributed by atoms with Crippen molar-refractivity contribution in [3.8, 4) is 0 Å². The fourth-order valence-electron chi connectivity index (χ4n) is 2.32. The van der Waals surface area contributed by atoms with Crippen LogP contribution in [0, 0.1) is 6.07 Å². The summed E-state index contributed by atoms with van der Waals surface area (Å²) in [5.74, 6) is 0. The number of anilines is 2. The van der Waals surface area contributed by atoms with Gasteiger partial charge >= 0.3 is 6.03 Å². The molecule has 0 saturated carbocycles. The van der Waals surface area contributed by atoms with E-state index in [1.807, 2.05) is 0 Å². The standard InChI is InChI=1S/C14H10Cl2N3O/c15-8-4-3-5-9(16)12(8)13-18-10-6-1-2-7-11(10)19(13)14(17)20/h2-7,13,18H,(H2,17,20). The zero-order valence-corrected chi connectivity index (χ0v) is 11.7. The Labute approximate surface area is 126 Å². The van der Waals surface area contributed by atoms with Crippen LogP contribution in [0.4, 0.5) is 16.2 Å². The maximum Gasteiger partial charge on any atom is 0.321 e. The Bertz CT molecular complexity index is 670. The fourth-order valence-corrected chi connectivity index (χ4v) is 2.92. The van der Waals surface area contributed by atoms with E-state index in [1.165, 1.54) is 4.90 Å². The zero-order valence-electron chi connectivity index (χ0n) is 10.2. The monoisotopic (exact) mass is 306 g/mol. The highest BCUT2D eigenvalue weighted by Gasteiger charge is 2.35. The van der Waals surface area contributed by atoms with Gasteiger partial charge in [-0.15, -0.1) is 0 Å². The molecule has 1 heterocycles. The number of nitrogens with two attached hydrogens (primary N) is 1. The molecule has 3 N–H and O–H groups in total. The minimum Gasteiger partial charge on any atom is -0.359 e. The summed E-state index contributed by atoms with van der Waals surface area (Å²) in [6, 6.07) is 12.8. The number of benzene rings is 2. The van der Waals surface area contributed by atoms with Crippen LogP contribution < -0.4 is 16.0 Å². The number of hydrogen-bond donors (Lipinski definition) is 2. The normalized spacial score (nSPS) is 16.7. The van der Waals surface area contributed by atoms with Gasteiger partial charge in [-0.1, -0.05) is 35.3 Å². The molecular formula is C14H10Cl2N3O. The predicted octanol–water partition coefficient (Wildman–Crippen LogP) is 3.80. The van der Waals surface area contributed by atoms with Crippen LogP contribution in [0.3, 0.4) is 0 Å². The summed E-state index contributed by atoms with van der Waals surface area (Å²) in [7, 11) is 0. The Hall–Kier alpha value is -1.91. The third-order valence-corrected chi connectivity index (χ3v) is 3.82. The van der Waals surface area contributed by atoms with Crippen LogP contribution in [0.15, 0.2) is 36.4 Å². The number of nitrogens with zero attached hydrogens (tertiary/aromatic N) is 1. The topological polar surface area (TPSA) is 58.4 Å². The largest absolute Gasteiger partial charge is 0.359 e. The zero-order chi connectivity index (χ0) is 14.3. The van der Waals surface area contributed by atoms with Crippen LogP contribution in [0.25, 0.3) is 0 Å². The lowest BCUT2D eigenvalue weighted by Crippen LogP contribution is -2.38. The summed E-state index contributed by atoms with van der Waals surface area (Å²) in [4.78, 5) is 13.2. The van der Waals surface area contributed by atoms with E-state index in [-0.39, 0.29) is 0 Å². The summed E-state index contributed by atoms with van der Waals surface area (Å²) in [5.41, 5.74) is 7.54. The van der Waals surface area contributed by atoms with Gasteiger partial charge in [0.2, 0.25) is 0 Å². The summed E-state index contributed by atoms with van der Waals surface area (Å²) >= 11 is 12.4. The van der Waals surface area contributed by atoms with Gasteiger partial charge < -0.3 is 11.1 Å². The van der Waals surface area contributed by atoms with Crippen molar-refractivity contribution < 1.29 is 4.79 Å². The van der Waals surface area contributed by atoms with Crippen molar-refractivity contribution in [1.82, 2.24) is 0 Å². The lowest BCUT2D eigenvalue weighted by molar-refractivity contribution is 0.253. The molecule has 0 aromatic heterocycles. The second kappa shape index (κ2) is 4.89. The molecule has 0 aliphatic carbocycles. The van der Waals surface area contributed by atoms with E-state index >= 15 is 0 Å². The van der Waals surface area contributed by atoms with E-state index < -0.39 is 12.2 Å². The molecule has 2 aromatic carbocycles. The van der Waals surface area contributed by atoms with Crippen LogP contribution >= 0.6 is 23.2 Å². The van der Waals surface area contributed by atoms with Crippen molar-refractivity contribution in [1.29, 1.82) is 0 Å². The van der Waals surface area contributed by atoms with Crippen LogP contribution in [0.1, 0.15) is 11.7 Å². The van der Waals surface area contributed by atoms with Gasteiger partial charge in [0.1, 0.15) is 6.17 Å². The van der Waals surface area contributed by atoms with E-state index in [0.717, 1.165) is 5.69 Å². The van der Waals surface area contributed by atoms with Gasteiger partial charge in [-0.25, -0.2) is 4.79 Å². The molecule has 1 radical (unpaired) electrons. The highest BCUT2D eigenvalue weighted by atomic mass is 35.5. The van der Waals surface area contributed by atoms with E-state index in [9.17, 15) is 4.79 Å². The number of rotatable bonds is 1. The quantitative estimate of drug-likeness (QED) is 0.842. The molecule has 2 amide bonds. The van der Waals surface area contributed by atoms with Crippen LogP contribution in [0.5, 0.6) is 0 Å². The molecule has 20 heavy (non-hydrogen) atoms. The smallest absolute Gasteiger partial charge is 0.321 e. The van der Waals surface area contributed by atoms with Gasteiger partial charge in [0, 0.05) is 15.6 Å². The molecule has 0 spiro atoms. The first kappa shape index (κ1) is 13.1. The number of hydrogen-bond acceptors (Lipinski definition) is 2. The Kier molecular flexibility index (Phi) is 3.20. The maximum absolute atomic E-state index is 11.8. The van der Waals surface area contributed by atoms with Gasteiger partial charge in [0.15, 0.2) is 0 Å². The number of carbonyl (C=O) groups is 1. The summed E-state index contributed by atoms with van der Waals surface area (Å²) < 4.78 is 0.